The summed E-state index contributed by atoms with van der Waals surface area (Å²) >= 11 is 0. The monoisotopic (exact) mass is 425 g/mol. The van der Waals surface area contributed by atoms with Crippen LogP contribution in [0.4, 0.5) is 24.7 Å². The van der Waals surface area contributed by atoms with Gasteiger partial charge >= 0.3 is 6.18 Å². The normalized spacial score (nSPS) is 17.9. The molecule has 4 rings (SSSR count). The molecule has 0 bridgehead atoms. The second-order valence-corrected chi connectivity index (χ2v) is 7.40. The Morgan fingerprint density at radius 2 is 1.87 bits per heavy atom. The summed E-state index contributed by atoms with van der Waals surface area (Å²) in [4.78, 5) is 12.8. The first kappa shape index (κ1) is 20.5. The maximum atomic E-state index is 13.8. The van der Waals surface area contributed by atoms with Crippen molar-refractivity contribution in [2.75, 3.05) is 10.6 Å². The predicted octanol–water partition coefficient (Wildman–Crippen LogP) is 4.98. The number of carbonyl (C=O) groups is 1. The molecule has 1 aliphatic rings. The van der Waals surface area contributed by atoms with Crippen LogP contribution in [0.5, 0.6) is 0 Å². The molecular weight excluding hydrogens is 407 g/mol. The van der Waals surface area contributed by atoms with Gasteiger partial charge in [-0.25, -0.2) is 4.68 Å². The van der Waals surface area contributed by atoms with Crippen LogP contribution in [0.3, 0.4) is 0 Å². The molecule has 158 valence electrons. The highest BCUT2D eigenvalue weighted by atomic mass is 19.4. The molecule has 0 aliphatic carbocycles. The quantitative estimate of drug-likeness (QED) is 0.620. The van der Waals surface area contributed by atoms with E-state index in [1.54, 1.807) is 24.3 Å². The van der Waals surface area contributed by atoms with Crippen molar-refractivity contribution in [1.29, 1.82) is 5.26 Å². The zero-order valence-corrected chi connectivity index (χ0v) is 16.4. The average molecular weight is 425 g/mol. The highest BCUT2D eigenvalue weighted by Crippen LogP contribution is 2.44. The third-order valence-corrected chi connectivity index (χ3v) is 5.23. The van der Waals surface area contributed by atoms with E-state index in [2.05, 4.69) is 15.7 Å². The van der Waals surface area contributed by atoms with Crippen LogP contribution in [0.2, 0.25) is 0 Å². The Morgan fingerprint density at radius 1 is 1.19 bits per heavy atom. The molecule has 0 saturated carbocycles. The Morgan fingerprint density at radius 3 is 2.48 bits per heavy atom. The second kappa shape index (κ2) is 7.80. The predicted molar refractivity (Wildman–Crippen MR) is 109 cm³/mol. The topological polar surface area (TPSA) is 82.7 Å². The van der Waals surface area contributed by atoms with E-state index >= 15 is 0 Å². The zero-order valence-electron chi connectivity index (χ0n) is 16.4. The molecule has 6 nitrogen and oxygen atoms in total. The first-order valence-corrected chi connectivity index (χ1v) is 9.55. The van der Waals surface area contributed by atoms with Gasteiger partial charge in [-0.1, -0.05) is 29.8 Å². The Hall–Kier alpha value is -3.80. The van der Waals surface area contributed by atoms with Crippen molar-refractivity contribution >= 4 is 17.4 Å². The SMILES string of the molecule is Cc1ccc(C2CC(C(F)(F)F)n3ncc(C(=O)Nc4ccc(C#N)cc4)c3N2)cc1. The van der Waals surface area contributed by atoms with Crippen LogP contribution in [0.25, 0.3) is 0 Å². The minimum absolute atomic E-state index is 0.00965. The van der Waals surface area contributed by atoms with Gasteiger partial charge in [0, 0.05) is 12.1 Å². The number of fused-ring (bicyclic) bond motifs is 1. The number of aryl methyl sites for hydroxylation is 1. The molecule has 31 heavy (non-hydrogen) atoms. The minimum Gasteiger partial charge on any atom is -0.363 e. The fourth-order valence-corrected chi connectivity index (χ4v) is 3.57. The van der Waals surface area contributed by atoms with Crippen molar-refractivity contribution in [1.82, 2.24) is 9.78 Å². The number of benzene rings is 2. The van der Waals surface area contributed by atoms with E-state index in [-0.39, 0.29) is 17.8 Å². The van der Waals surface area contributed by atoms with E-state index in [4.69, 9.17) is 5.26 Å². The molecule has 0 radical (unpaired) electrons. The number of anilines is 2. The lowest BCUT2D eigenvalue weighted by Gasteiger charge is -2.34. The Kier molecular flexibility index (Phi) is 5.15. The van der Waals surface area contributed by atoms with Gasteiger partial charge in [-0.3, -0.25) is 4.79 Å². The highest BCUT2D eigenvalue weighted by Gasteiger charge is 2.47. The molecular formula is C22H18F3N5O. The molecule has 3 aromatic rings. The lowest BCUT2D eigenvalue weighted by Crippen LogP contribution is -2.36. The summed E-state index contributed by atoms with van der Waals surface area (Å²) in [6.07, 6.45) is -3.62. The molecule has 2 heterocycles. The van der Waals surface area contributed by atoms with E-state index in [9.17, 15) is 18.0 Å². The van der Waals surface area contributed by atoms with Crippen LogP contribution in [0.1, 0.15) is 45.6 Å². The third-order valence-electron chi connectivity index (χ3n) is 5.23. The highest BCUT2D eigenvalue weighted by molar-refractivity contribution is 6.07. The minimum atomic E-state index is -4.52. The maximum Gasteiger partial charge on any atom is 0.410 e. The molecule has 0 spiro atoms. The Labute approximate surface area is 176 Å². The van der Waals surface area contributed by atoms with Crippen LogP contribution < -0.4 is 10.6 Å². The van der Waals surface area contributed by atoms with Gasteiger partial charge in [-0.2, -0.15) is 23.5 Å². The molecule has 2 N–H and O–H groups in total. The van der Waals surface area contributed by atoms with Gasteiger partial charge in [0.2, 0.25) is 0 Å². The zero-order chi connectivity index (χ0) is 22.2. The average Bonchev–Trinajstić information content (AvgIpc) is 3.17. The van der Waals surface area contributed by atoms with Gasteiger partial charge in [-0.15, -0.1) is 0 Å². The van der Waals surface area contributed by atoms with Crippen LogP contribution in [-0.2, 0) is 0 Å². The maximum absolute atomic E-state index is 13.8. The summed E-state index contributed by atoms with van der Waals surface area (Å²) in [5.41, 5.74) is 2.55. The number of hydrogen-bond donors (Lipinski definition) is 2. The van der Waals surface area contributed by atoms with Crippen molar-refractivity contribution in [3.63, 3.8) is 0 Å². The summed E-state index contributed by atoms with van der Waals surface area (Å²) < 4.78 is 42.2. The number of alkyl halides is 3. The Bertz CT molecular complexity index is 1140. The number of halogens is 3. The van der Waals surface area contributed by atoms with Crippen molar-refractivity contribution < 1.29 is 18.0 Å². The van der Waals surface area contributed by atoms with E-state index < -0.39 is 24.2 Å². The van der Waals surface area contributed by atoms with Crippen molar-refractivity contribution in [3.05, 3.63) is 77.0 Å². The first-order chi connectivity index (χ1) is 14.8. The van der Waals surface area contributed by atoms with E-state index in [1.165, 1.54) is 12.1 Å². The van der Waals surface area contributed by atoms with Crippen molar-refractivity contribution in [2.24, 2.45) is 0 Å². The molecule has 9 heteroatoms. The van der Waals surface area contributed by atoms with Gasteiger partial charge in [0.05, 0.1) is 23.9 Å². The molecule has 2 unspecified atom stereocenters. The first-order valence-electron chi connectivity index (χ1n) is 9.55. The summed E-state index contributed by atoms with van der Waals surface area (Å²) in [5, 5.41) is 18.4. The molecule has 2 atom stereocenters. The van der Waals surface area contributed by atoms with E-state index in [0.29, 0.717) is 16.8 Å². The largest absolute Gasteiger partial charge is 0.410 e. The van der Waals surface area contributed by atoms with E-state index in [1.807, 2.05) is 25.1 Å². The van der Waals surface area contributed by atoms with Crippen molar-refractivity contribution in [2.45, 2.75) is 31.6 Å². The van der Waals surface area contributed by atoms with E-state index in [0.717, 1.165) is 16.4 Å². The van der Waals surface area contributed by atoms with Gasteiger partial charge in [0.25, 0.3) is 5.91 Å². The second-order valence-electron chi connectivity index (χ2n) is 7.40. The molecule has 0 fully saturated rings. The smallest absolute Gasteiger partial charge is 0.363 e. The molecule has 1 aliphatic heterocycles. The number of carbonyl (C=O) groups excluding carboxylic acids is 1. The standard InChI is InChI=1S/C22H18F3N5O/c1-13-2-6-15(7-3-13)18-10-19(22(23,24)25)30-20(29-18)17(12-27-30)21(31)28-16-8-4-14(11-26)5-9-16/h2-9,12,18-19,29H,10H2,1H3,(H,28,31). The summed E-state index contributed by atoms with van der Waals surface area (Å²) in [7, 11) is 0. The number of nitrogens with one attached hydrogen (secondary N) is 2. The number of amides is 1. The fourth-order valence-electron chi connectivity index (χ4n) is 3.57. The van der Waals surface area contributed by atoms with Crippen LogP contribution in [-0.4, -0.2) is 21.9 Å². The molecule has 0 saturated heterocycles. The van der Waals surface area contributed by atoms with Gasteiger partial charge < -0.3 is 10.6 Å². The summed E-state index contributed by atoms with van der Waals surface area (Å²) in [6.45, 7) is 1.90. The lowest BCUT2D eigenvalue weighted by atomic mass is 9.96. The van der Waals surface area contributed by atoms with Gasteiger partial charge in [-0.05, 0) is 36.8 Å². The van der Waals surface area contributed by atoms with Crippen molar-refractivity contribution in [3.8, 4) is 6.07 Å². The molecule has 1 amide bonds. The Balaban J connectivity index is 1.66. The van der Waals surface area contributed by atoms with Crippen LogP contribution in [0, 0.1) is 18.3 Å². The lowest BCUT2D eigenvalue weighted by molar-refractivity contribution is -0.173. The number of nitrogens with zero attached hydrogens (tertiary/aromatic N) is 3. The molecule has 2 aromatic carbocycles. The fraction of sp³-hybridized carbons (Fsp3) is 0.227. The molecule has 1 aromatic heterocycles. The van der Waals surface area contributed by atoms with Crippen LogP contribution in [0.15, 0.2) is 54.7 Å². The number of aromatic nitrogens is 2. The number of nitriles is 1. The summed E-state index contributed by atoms with van der Waals surface area (Å²) in [6, 6.07) is 12.9. The van der Waals surface area contributed by atoms with Crippen LogP contribution >= 0.6 is 0 Å². The summed E-state index contributed by atoms with van der Waals surface area (Å²) in [5.74, 6) is -0.575. The third kappa shape index (κ3) is 4.10. The number of rotatable bonds is 3. The number of hydrogen-bond acceptors (Lipinski definition) is 4. The van der Waals surface area contributed by atoms with Gasteiger partial charge in [0.15, 0.2) is 6.04 Å². The van der Waals surface area contributed by atoms with Gasteiger partial charge in [0.1, 0.15) is 11.4 Å².